The molecule has 0 aliphatic carbocycles. The summed E-state index contributed by atoms with van der Waals surface area (Å²) in [4.78, 5) is 0. The minimum absolute atomic E-state index is 0.312. The van der Waals surface area contributed by atoms with Gasteiger partial charge in [0.1, 0.15) is 6.54 Å². The van der Waals surface area contributed by atoms with Crippen molar-refractivity contribution in [2.45, 2.75) is 45.4 Å². The van der Waals surface area contributed by atoms with Crippen LogP contribution in [0.1, 0.15) is 33.3 Å². The number of nitrogens with two attached hydrogens (primary N) is 1. The molecule has 0 saturated carbocycles. The highest BCUT2D eigenvalue weighted by Gasteiger charge is 2.52. The molecular weight excluding hydrogens is 335 g/mol. The fourth-order valence-electron chi connectivity index (χ4n) is 2.90. The molecule has 4 rings (SSSR count). The summed E-state index contributed by atoms with van der Waals surface area (Å²) in [5.41, 5.74) is 0.530. The number of benzene rings is 1. The molecule has 0 radical (unpaired) electrons. The average Bonchev–Trinajstić information content (AvgIpc) is 3.16. The second kappa shape index (κ2) is 5.55. The molecule has 130 valence electrons. The lowest BCUT2D eigenvalue weighted by molar-refractivity contribution is -0.639. The molecule has 1 fully saturated rings. The number of aromatic nitrogens is 3. The number of fused-ring (bicyclic) bond motifs is 1. The molecule has 1 aromatic carbocycles. The van der Waals surface area contributed by atoms with Crippen LogP contribution in [-0.4, -0.2) is 28.1 Å². The first-order valence-electron chi connectivity index (χ1n) is 8.30. The SMILES string of the molecule is CC1(C)OB(c2cc3cc(Cn4c[n+](N)cn4)ccc3s2)OC1(C)C. The van der Waals surface area contributed by atoms with Crippen LogP contribution in [0.4, 0.5) is 0 Å². The number of hydrogen-bond donors (Lipinski definition) is 1. The molecule has 2 N–H and O–H groups in total. The second-order valence-electron chi connectivity index (χ2n) is 7.50. The molecule has 0 atom stereocenters. The zero-order valence-corrected chi connectivity index (χ0v) is 15.7. The van der Waals surface area contributed by atoms with Crippen LogP contribution in [0.25, 0.3) is 10.1 Å². The molecule has 1 saturated heterocycles. The molecule has 3 aromatic rings. The van der Waals surface area contributed by atoms with Crippen molar-refractivity contribution in [1.29, 1.82) is 0 Å². The van der Waals surface area contributed by atoms with Crippen molar-refractivity contribution < 1.29 is 14.0 Å². The first kappa shape index (κ1) is 16.6. The molecule has 1 aliphatic rings. The quantitative estimate of drug-likeness (QED) is 0.438. The Kier molecular flexibility index (Phi) is 3.68. The van der Waals surface area contributed by atoms with E-state index in [4.69, 9.17) is 15.2 Å². The van der Waals surface area contributed by atoms with E-state index in [2.05, 4.69) is 57.1 Å². The van der Waals surface area contributed by atoms with Crippen molar-refractivity contribution in [3.63, 3.8) is 0 Å². The van der Waals surface area contributed by atoms with E-state index in [0.29, 0.717) is 6.54 Å². The van der Waals surface area contributed by atoms with E-state index in [0.717, 1.165) is 4.78 Å². The zero-order valence-electron chi connectivity index (χ0n) is 14.9. The highest BCUT2D eigenvalue weighted by molar-refractivity contribution is 7.28. The molecule has 25 heavy (non-hydrogen) atoms. The van der Waals surface area contributed by atoms with Gasteiger partial charge >= 0.3 is 7.12 Å². The van der Waals surface area contributed by atoms with Crippen molar-refractivity contribution in [2.24, 2.45) is 0 Å². The predicted molar refractivity (Wildman–Crippen MR) is 99.2 cm³/mol. The Morgan fingerprint density at radius 3 is 2.56 bits per heavy atom. The summed E-state index contributed by atoms with van der Waals surface area (Å²) in [7, 11) is -0.312. The van der Waals surface area contributed by atoms with Gasteiger partial charge in [0.05, 0.1) is 11.2 Å². The van der Waals surface area contributed by atoms with Crippen LogP contribution in [0.5, 0.6) is 0 Å². The van der Waals surface area contributed by atoms with Crippen LogP contribution in [0, 0.1) is 0 Å². The van der Waals surface area contributed by atoms with Gasteiger partial charge in [-0.3, -0.25) is 5.84 Å². The number of thiophene rings is 1. The minimum Gasteiger partial charge on any atom is -0.399 e. The van der Waals surface area contributed by atoms with E-state index in [1.165, 1.54) is 20.3 Å². The third-order valence-electron chi connectivity index (χ3n) is 5.03. The van der Waals surface area contributed by atoms with Gasteiger partial charge in [0.15, 0.2) is 0 Å². The molecule has 1 aliphatic heterocycles. The van der Waals surface area contributed by atoms with Gasteiger partial charge in [-0.2, -0.15) is 0 Å². The van der Waals surface area contributed by atoms with Crippen molar-refractivity contribution in [2.75, 3.05) is 5.84 Å². The van der Waals surface area contributed by atoms with E-state index in [9.17, 15) is 0 Å². The largest absolute Gasteiger partial charge is 0.505 e. The maximum Gasteiger partial charge on any atom is 0.505 e. The summed E-state index contributed by atoms with van der Waals surface area (Å²) in [6, 6.07) is 8.61. The van der Waals surface area contributed by atoms with Gasteiger partial charge < -0.3 is 9.31 Å². The Labute approximate surface area is 151 Å². The third kappa shape index (κ3) is 2.94. The lowest BCUT2D eigenvalue weighted by Crippen LogP contribution is -2.42. The first-order valence-corrected chi connectivity index (χ1v) is 9.12. The van der Waals surface area contributed by atoms with Gasteiger partial charge in [0.25, 0.3) is 6.33 Å². The molecule has 0 spiro atoms. The lowest BCUT2D eigenvalue weighted by atomic mass is 9.87. The maximum absolute atomic E-state index is 6.17. The van der Waals surface area contributed by atoms with E-state index in [1.54, 1.807) is 24.0 Å². The smallest absolute Gasteiger partial charge is 0.399 e. The maximum atomic E-state index is 6.17. The lowest BCUT2D eigenvalue weighted by Gasteiger charge is -2.32. The standard InChI is InChI=1S/C17H22BN4O2S/c1-16(2)17(3,4)24-18(23-16)15-8-13-7-12(5-6-14(13)25-15)9-22-11-21(19)10-20-22/h5-8,10-11H,9,19H2,1-4H3/q+1. The third-order valence-corrected chi connectivity index (χ3v) is 6.17. The van der Waals surface area contributed by atoms with E-state index in [-0.39, 0.29) is 18.3 Å². The molecule has 8 heteroatoms. The minimum atomic E-state index is -0.323. The molecule has 6 nitrogen and oxygen atoms in total. The van der Waals surface area contributed by atoms with Crippen LogP contribution in [0.15, 0.2) is 36.9 Å². The van der Waals surface area contributed by atoms with Crippen LogP contribution in [-0.2, 0) is 15.9 Å². The second-order valence-corrected chi connectivity index (χ2v) is 8.62. The van der Waals surface area contributed by atoms with E-state index in [1.807, 2.05) is 4.68 Å². The number of rotatable bonds is 3. The number of hydrogen-bond acceptors (Lipinski definition) is 5. The van der Waals surface area contributed by atoms with E-state index >= 15 is 0 Å². The Bertz CT molecular complexity index is 918. The Morgan fingerprint density at radius 1 is 1.20 bits per heavy atom. The Hall–Kier alpha value is -1.90. The summed E-state index contributed by atoms with van der Waals surface area (Å²) in [5, 5.41) is 5.40. The highest BCUT2D eigenvalue weighted by atomic mass is 32.1. The van der Waals surface area contributed by atoms with Gasteiger partial charge in [-0.1, -0.05) is 6.07 Å². The van der Waals surface area contributed by atoms with Crippen molar-refractivity contribution in [3.05, 3.63) is 42.5 Å². The van der Waals surface area contributed by atoms with Gasteiger partial charge in [0, 0.05) is 14.6 Å². The van der Waals surface area contributed by atoms with Crippen molar-refractivity contribution in [3.8, 4) is 0 Å². The highest BCUT2D eigenvalue weighted by Crippen LogP contribution is 2.37. The Balaban J connectivity index is 1.61. The topological polar surface area (TPSA) is 66.2 Å². The van der Waals surface area contributed by atoms with Crippen LogP contribution in [0.2, 0.25) is 0 Å². The van der Waals surface area contributed by atoms with Gasteiger partial charge in [-0.15, -0.1) is 20.7 Å². The molecule has 0 amide bonds. The fraction of sp³-hybridized carbons (Fsp3) is 0.412. The van der Waals surface area contributed by atoms with Crippen LogP contribution < -0.4 is 15.3 Å². The van der Waals surface area contributed by atoms with Crippen molar-refractivity contribution >= 4 is 33.3 Å². The summed E-state index contributed by atoms with van der Waals surface area (Å²) >= 11 is 1.72. The number of nitrogen functional groups attached to an aromatic ring is 1. The zero-order chi connectivity index (χ0) is 17.8. The van der Waals surface area contributed by atoms with Gasteiger partial charge in [-0.05, 0) is 56.8 Å². The van der Waals surface area contributed by atoms with E-state index < -0.39 is 0 Å². The molecule has 2 aromatic heterocycles. The van der Waals surface area contributed by atoms with Crippen molar-refractivity contribution in [1.82, 2.24) is 9.78 Å². The predicted octanol–water partition coefficient (Wildman–Crippen LogP) is 1.45. The molecular formula is C17H22BN4O2S+. The molecule has 3 heterocycles. The summed E-state index contributed by atoms with van der Waals surface area (Å²) in [6.07, 6.45) is 3.34. The summed E-state index contributed by atoms with van der Waals surface area (Å²) in [5.74, 6) is 5.65. The number of nitrogens with zero attached hydrogens (tertiary/aromatic N) is 3. The normalized spacial score (nSPS) is 19.0. The Morgan fingerprint density at radius 2 is 1.92 bits per heavy atom. The average molecular weight is 357 g/mol. The first-order chi connectivity index (χ1) is 11.7. The summed E-state index contributed by atoms with van der Waals surface area (Å²) < 4.78 is 17.9. The summed E-state index contributed by atoms with van der Waals surface area (Å²) in [6.45, 7) is 8.98. The van der Waals surface area contributed by atoms with Crippen LogP contribution in [0.3, 0.4) is 0 Å². The monoisotopic (exact) mass is 357 g/mol. The van der Waals surface area contributed by atoms with Gasteiger partial charge in [0.2, 0.25) is 6.33 Å². The van der Waals surface area contributed by atoms with Crippen LogP contribution >= 0.6 is 11.3 Å². The molecule has 0 unspecified atom stereocenters. The van der Waals surface area contributed by atoms with Gasteiger partial charge in [-0.25, -0.2) is 0 Å². The fourth-order valence-corrected chi connectivity index (χ4v) is 3.90. The molecule has 0 bridgehead atoms.